The molecule has 0 aliphatic heterocycles. The van der Waals surface area contributed by atoms with Crippen molar-refractivity contribution in [3.63, 3.8) is 0 Å². The van der Waals surface area contributed by atoms with Gasteiger partial charge in [-0.25, -0.2) is 4.39 Å². The number of hydrogen-bond acceptors (Lipinski definition) is 5. The van der Waals surface area contributed by atoms with Crippen LogP contribution in [0.2, 0.25) is 0 Å². The van der Waals surface area contributed by atoms with Crippen LogP contribution in [0, 0.1) is 5.82 Å². The van der Waals surface area contributed by atoms with E-state index < -0.39 is 11.9 Å². The van der Waals surface area contributed by atoms with Gasteiger partial charge in [-0.2, -0.15) is 0 Å². The van der Waals surface area contributed by atoms with Gasteiger partial charge in [0, 0.05) is 23.0 Å². The third kappa shape index (κ3) is 2.55. The molecule has 0 bridgehead atoms. The Bertz CT molecular complexity index is 565. The van der Waals surface area contributed by atoms with Gasteiger partial charge in [0.05, 0.1) is 23.1 Å². The molecule has 96 valence electrons. The average molecular weight is 268 g/mol. The summed E-state index contributed by atoms with van der Waals surface area (Å²) in [5.74, 6) is -0.267. The largest absolute Gasteiger partial charge is 0.398 e. The van der Waals surface area contributed by atoms with E-state index in [1.54, 1.807) is 18.3 Å². The number of pyridine rings is 1. The summed E-state index contributed by atoms with van der Waals surface area (Å²) in [4.78, 5) is 4.46. The van der Waals surface area contributed by atoms with E-state index in [-0.39, 0.29) is 12.4 Å². The number of hydrogen-bond donors (Lipinski definition) is 3. The van der Waals surface area contributed by atoms with Gasteiger partial charge in [-0.15, -0.1) is 11.8 Å². The summed E-state index contributed by atoms with van der Waals surface area (Å²) in [5.41, 5.74) is 6.54. The van der Waals surface area contributed by atoms with Crippen molar-refractivity contribution >= 4 is 28.4 Å². The van der Waals surface area contributed by atoms with Crippen LogP contribution in [0.15, 0.2) is 29.3 Å². The molecule has 0 saturated carbocycles. The molecule has 1 aromatic heterocycles. The van der Waals surface area contributed by atoms with Crippen LogP contribution < -0.4 is 5.73 Å². The van der Waals surface area contributed by atoms with Crippen molar-refractivity contribution < 1.29 is 14.6 Å². The van der Waals surface area contributed by atoms with Crippen LogP contribution in [0.5, 0.6) is 0 Å². The summed E-state index contributed by atoms with van der Waals surface area (Å²) in [7, 11) is 0. The fraction of sp³-hybridized carbons (Fsp3) is 0.250. The number of thioether (sulfide) groups is 1. The Morgan fingerprint density at radius 1 is 1.50 bits per heavy atom. The van der Waals surface area contributed by atoms with E-state index in [4.69, 9.17) is 10.8 Å². The molecule has 6 heteroatoms. The highest BCUT2D eigenvalue weighted by atomic mass is 32.2. The van der Waals surface area contributed by atoms with E-state index in [9.17, 15) is 9.50 Å². The molecule has 0 radical (unpaired) electrons. The highest BCUT2D eigenvalue weighted by Crippen LogP contribution is 2.33. The molecule has 2 rings (SSSR count). The van der Waals surface area contributed by atoms with Crippen molar-refractivity contribution in [1.29, 1.82) is 0 Å². The van der Waals surface area contributed by atoms with Gasteiger partial charge < -0.3 is 15.9 Å². The van der Waals surface area contributed by atoms with Gasteiger partial charge >= 0.3 is 0 Å². The molecule has 0 aliphatic carbocycles. The van der Waals surface area contributed by atoms with Crippen LogP contribution in [0.1, 0.15) is 0 Å². The van der Waals surface area contributed by atoms with E-state index in [0.717, 1.165) is 11.8 Å². The first kappa shape index (κ1) is 13.1. The number of aliphatic hydroxyl groups is 2. The number of halogens is 1. The van der Waals surface area contributed by atoms with Crippen molar-refractivity contribution in [3.8, 4) is 0 Å². The summed E-state index contributed by atoms with van der Waals surface area (Å²) >= 11 is 1.11. The molecule has 0 spiro atoms. The first-order valence-electron chi connectivity index (χ1n) is 5.38. The highest BCUT2D eigenvalue weighted by molar-refractivity contribution is 7.99. The maximum absolute atomic E-state index is 13.8. The number of rotatable bonds is 4. The first-order chi connectivity index (χ1) is 8.63. The zero-order valence-electron chi connectivity index (χ0n) is 9.51. The second-order valence-electron chi connectivity index (χ2n) is 3.82. The number of anilines is 1. The highest BCUT2D eigenvalue weighted by Gasteiger charge is 2.14. The molecule has 1 atom stereocenters. The smallest absolute Gasteiger partial charge is 0.141 e. The Morgan fingerprint density at radius 2 is 2.28 bits per heavy atom. The quantitative estimate of drug-likeness (QED) is 0.577. The summed E-state index contributed by atoms with van der Waals surface area (Å²) < 4.78 is 13.8. The number of benzene rings is 1. The second kappa shape index (κ2) is 5.51. The lowest BCUT2D eigenvalue weighted by molar-refractivity contribution is 0.113. The average Bonchev–Trinajstić information content (AvgIpc) is 2.38. The van der Waals surface area contributed by atoms with Gasteiger partial charge in [-0.05, 0) is 18.2 Å². The molecule has 0 amide bonds. The van der Waals surface area contributed by atoms with Crippen LogP contribution in [-0.4, -0.2) is 33.7 Å². The minimum Gasteiger partial charge on any atom is -0.398 e. The number of aliphatic hydroxyl groups excluding tert-OH is 2. The maximum atomic E-state index is 13.8. The zero-order valence-corrected chi connectivity index (χ0v) is 10.3. The Labute approximate surface area is 108 Å². The molecule has 2 aromatic rings. The van der Waals surface area contributed by atoms with E-state index in [1.165, 1.54) is 6.07 Å². The van der Waals surface area contributed by atoms with Gasteiger partial charge in [0.15, 0.2) is 0 Å². The van der Waals surface area contributed by atoms with Crippen molar-refractivity contribution in [2.45, 2.75) is 11.0 Å². The molecule has 1 aromatic carbocycles. The van der Waals surface area contributed by atoms with Crippen LogP contribution in [0.4, 0.5) is 10.1 Å². The van der Waals surface area contributed by atoms with E-state index in [1.807, 2.05) is 0 Å². The lowest BCUT2D eigenvalue weighted by Crippen LogP contribution is -2.14. The Morgan fingerprint density at radius 3 is 3.00 bits per heavy atom. The number of aromatic nitrogens is 1. The molecule has 0 aliphatic rings. The van der Waals surface area contributed by atoms with Crippen LogP contribution >= 0.6 is 11.8 Å². The molecule has 1 unspecified atom stereocenters. The monoisotopic (exact) mass is 268 g/mol. The number of nitrogens with two attached hydrogens (primary N) is 1. The van der Waals surface area contributed by atoms with E-state index in [2.05, 4.69) is 4.98 Å². The zero-order chi connectivity index (χ0) is 13.1. The van der Waals surface area contributed by atoms with Crippen molar-refractivity contribution in [1.82, 2.24) is 4.98 Å². The van der Waals surface area contributed by atoms with E-state index >= 15 is 0 Å². The maximum Gasteiger partial charge on any atom is 0.141 e. The van der Waals surface area contributed by atoms with Crippen LogP contribution in [0.3, 0.4) is 0 Å². The first-order valence-corrected chi connectivity index (χ1v) is 6.36. The second-order valence-corrected chi connectivity index (χ2v) is 4.85. The SMILES string of the molecule is Nc1cc(F)c(SCC(O)CO)c2ncccc12. The Kier molecular flexibility index (Phi) is 4.00. The molecule has 4 nitrogen and oxygen atoms in total. The van der Waals surface area contributed by atoms with Gasteiger partial charge in [-0.1, -0.05) is 0 Å². The molecular formula is C12H13FN2O2S. The molecule has 0 fully saturated rings. The summed E-state index contributed by atoms with van der Waals surface area (Å²) in [6.45, 7) is -0.352. The van der Waals surface area contributed by atoms with E-state index in [0.29, 0.717) is 21.5 Å². The lowest BCUT2D eigenvalue weighted by Gasteiger charge is -2.11. The number of nitrogens with zero attached hydrogens (tertiary/aromatic N) is 1. The molecule has 4 N–H and O–H groups in total. The fourth-order valence-electron chi connectivity index (χ4n) is 1.58. The van der Waals surface area contributed by atoms with Gasteiger partial charge in [-0.3, -0.25) is 4.98 Å². The normalized spacial score (nSPS) is 12.8. The minimum atomic E-state index is -0.884. The van der Waals surface area contributed by atoms with Gasteiger partial charge in [0.1, 0.15) is 5.82 Å². The third-order valence-corrected chi connectivity index (χ3v) is 3.69. The van der Waals surface area contributed by atoms with Gasteiger partial charge in [0.2, 0.25) is 0 Å². The van der Waals surface area contributed by atoms with Gasteiger partial charge in [0.25, 0.3) is 0 Å². The third-order valence-electron chi connectivity index (χ3n) is 2.46. The predicted molar refractivity (Wildman–Crippen MR) is 69.9 cm³/mol. The predicted octanol–water partition coefficient (Wildman–Crippen LogP) is 1.40. The number of fused-ring (bicyclic) bond motifs is 1. The molecule has 18 heavy (non-hydrogen) atoms. The standard InChI is InChI=1S/C12H13FN2O2S/c13-9-4-10(14)8-2-1-3-15-11(8)12(9)18-6-7(17)5-16/h1-4,7,16-17H,5-6,14H2. The lowest BCUT2D eigenvalue weighted by atomic mass is 10.2. The number of nitrogen functional groups attached to an aromatic ring is 1. The molecular weight excluding hydrogens is 255 g/mol. The van der Waals surface area contributed by atoms with Crippen molar-refractivity contribution in [3.05, 3.63) is 30.2 Å². The van der Waals surface area contributed by atoms with Crippen LogP contribution in [0.25, 0.3) is 10.9 Å². The van der Waals surface area contributed by atoms with Crippen molar-refractivity contribution in [2.75, 3.05) is 18.1 Å². The summed E-state index contributed by atoms with van der Waals surface area (Å²) in [6, 6.07) is 4.74. The Balaban J connectivity index is 2.43. The van der Waals surface area contributed by atoms with Crippen LogP contribution in [-0.2, 0) is 0 Å². The molecule has 0 saturated heterocycles. The minimum absolute atomic E-state index is 0.197. The Hall–Kier alpha value is -1.37. The van der Waals surface area contributed by atoms with Crippen molar-refractivity contribution in [2.24, 2.45) is 0 Å². The topological polar surface area (TPSA) is 79.4 Å². The molecule has 1 heterocycles. The summed E-state index contributed by atoms with van der Waals surface area (Å²) in [5, 5.41) is 18.7. The fourth-order valence-corrected chi connectivity index (χ4v) is 2.54. The summed E-state index contributed by atoms with van der Waals surface area (Å²) in [6.07, 6.45) is 0.680.